The predicted molar refractivity (Wildman–Crippen MR) is 109 cm³/mol. The predicted octanol–water partition coefficient (Wildman–Crippen LogP) is 3.55. The molecule has 2 rings (SSSR count). The fourth-order valence-corrected chi connectivity index (χ4v) is 2.67. The normalized spacial score (nSPS) is 11.8. The number of carbonyl (C=O) groups excluding carboxylic acids is 2. The molecule has 0 aliphatic heterocycles. The Labute approximate surface area is 164 Å². The molecule has 27 heavy (non-hydrogen) atoms. The summed E-state index contributed by atoms with van der Waals surface area (Å²) in [5.74, 6) is 0.0603. The maximum atomic E-state index is 12.4. The molecule has 6 nitrogen and oxygen atoms in total. The molecule has 0 saturated heterocycles. The van der Waals surface area contributed by atoms with Gasteiger partial charge >= 0.3 is 0 Å². The van der Waals surface area contributed by atoms with E-state index in [9.17, 15) is 9.59 Å². The molecule has 1 unspecified atom stereocenters. The van der Waals surface area contributed by atoms with Gasteiger partial charge in [-0.1, -0.05) is 23.7 Å². The van der Waals surface area contributed by atoms with Crippen LogP contribution < -0.4 is 15.4 Å². The van der Waals surface area contributed by atoms with Gasteiger partial charge < -0.3 is 15.4 Å². The van der Waals surface area contributed by atoms with E-state index in [1.54, 1.807) is 37.1 Å². The highest BCUT2D eigenvalue weighted by Gasteiger charge is 2.21. The molecule has 2 aromatic rings. The Kier molecular flexibility index (Phi) is 7.21. The number of amides is 2. The summed E-state index contributed by atoms with van der Waals surface area (Å²) in [4.78, 5) is 26.4. The van der Waals surface area contributed by atoms with E-state index in [4.69, 9.17) is 16.3 Å². The van der Waals surface area contributed by atoms with Crippen LogP contribution in [0.4, 0.5) is 11.4 Å². The second-order valence-electron chi connectivity index (χ2n) is 6.34. The quantitative estimate of drug-likeness (QED) is 0.759. The maximum absolute atomic E-state index is 12.4. The fourth-order valence-electron chi connectivity index (χ4n) is 2.50. The lowest BCUT2D eigenvalue weighted by molar-refractivity contribution is -0.122. The van der Waals surface area contributed by atoms with Gasteiger partial charge in [0.1, 0.15) is 5.75 Å². The molecule has 0 aliphatic carbocycles. The molecule has 0 bridgehead atoms. The summed E-state index contributed by atoms with van der Waals surface area (Å²) in [7, 11) is 3.23. The van der Waals surface area contributed by atoms with Crippen LogP contribution in [0.3, 0.4) is 0 Å². The smallest absolute Gasteiger partial charge is 0.241 e. The van der Waals surface area contributed by atoms with Crippen LogP contribution in [0.5, 0.6) is 5.75 Å². The number of hydrogen-bond acceptors (Lipinski definition) is 4. The lowest BCUT2D eigenvalue weighted by Crippen LogP contribution is -2.43. The first kappa shape index (κ1) is 20.7. The van der Waals surface area contributed by atoms with Crippen molar-refractivity contribution in [2.24, 2.45) is 0 Å². The number of carbonyl (C=O) groups is 2. The molecule has 0 aromatic heterocycles. The van der Waals surface area contributed by atoms with Crippen molar-refractivity contribution < 1.29 is 14.3 Å². The van der Waals surface area contributed by atoms with Crippen molar-refractivity contribution in [3.05, 3.63) is 53.1 Å². The summed E-state index contributed by atoms with van der Waals surface area (Å²) < 4.78 is 5.22. The Balaban J connectivity index is 1.95. The maximum Gasteiger partial charge on any atom is 0.241 e. The van der Waals surface area contributed by atoms with Crippen LogP contribution in [-0.2, 0) is 9.59 Å². The molecule has 0 saturated carbocycles. The van der Waals surface area contributed by atoms with Gasteiger partial charge in [0.15, 0.2) is 0 Å². The number of rotatable bonds is 7. The van der Waals surface area contributed by atoms with Gasteiger partial charge in [-0.25, -0.2) is 0 Å². The molecular formula is C20H24ClN3O3. The van der Waals surface area contributed by atoms with Gasteiger partial charge in [-0.15, -0.1) is 0 Å². The Morgan fingerprint density at radius 2 is 1.93 bits per heavy atom. The molecule has 2 aromatic carbocycles. The van der Waals surface area contributed by atoms with Crippen LogP contribution in [0.1, 0.15) is 12.5 Å². The average molecular weight is 390 g/mol. The largest absolute Gasteiger partial charge is 0.495 e. The third kappa shape index (κ3) is 5.98. The number of benzene rings is 2. The molecule has 0 fully saturated rings. The highest BCUT2D eigenvalue weighted by Crippen LogP contribution is 2.27. The molecule has 144 valence electrons. The van der Waals surface area contributed by atoms with Crippen molar-refractivity contribution in [1.29, 1.82) is 0 Å². The van der Waals surface area contributed by atoms with Crippen molar-refractivity contribution in [3.8, 4) is 5.75 Å². The van der Waals surface area contributed by atoms with Gasteiger partial charge in [0, 0.05) is 10.7 Å². The molecule has 0 spiro atoms. The van der Waals surface area contributed by atoms with E-state index in [0.29, 0.717) is 16.5 Å². The average Bonchev–Trinajstić information content (AvgIpc) is 2.61. The molecule has 0 heterocycles. The van der Waals surface area contributed by atoms with E-state index >= 15 is 0 Å². The molecular weight excluding hydrogens is 366 g/mol. The minimum Gasteiger partial charge on any atom is -0.495 e. The molecule has 2 amide bonds. The minimum atomic E-state index is -0.488. The Hall–Kier alpha value is -2.57. The highest BCUT2D eigenvalue weighted by molar-refractivity contribution is 6.31. The zero-order chi connectivity index (χ0) is 20.0. The molecule has 1 atom stereocenters. The number of hydrogen-bond donors (Lipinski definition) is 2. The van der Waals surface area contributed by atoms with Crippen LogP contribution in [0.2, 0.25) is 5.02 Å². The highest BCUT2D eigenvalue weighted by atomic mass is 35.5. The topological polar surface area (TPSA) is 70.7 Å². The molecule has 7 heteroatoms. The summed E-state index contributed by atoms with van der Waals surface area (Å²) in [5, 5.41) is 6.12. The van der Waals surface area contributed by atoms with E-state index in [1.165, 1.54) is 7.11 Å². The zero-order valence-electron chi connectivity index (χ0n) is 15.9. The lowest BCUT2D eigenvalue weighted by atomic mass is 10.2. The lowest BCUT2D eigenvalue weighted by Gasteiger charge is -2.23. The number of anilines is 2. The number of nitrogens with zero attached hydrogens (tertiary/aromatic N) is 1. The van der Waals surface area contributed by atoms with Crippen LogP contribution in [0.15, 0.2) is 42.5 Å². The SMILES string of the molecule is COc1ccc(Cl)cc1NC(=O)CN(C)C(C)C(=O)Nc1cccc(C)c1. The van der Waals surface area contributed by atoms with Crippen molar-refractivity contribution in [2.45, 2.75) is 19.9 Å². The third-order valence-electron chi connectivity index (χ3n) is 4.15. The van der Waals surface area contributed by atoms with E-state index in [0.717, 1.165) is 11.3 Å². The first-order valence-electron chi connectivity index (χ1n) is 8.51. The van der Waals surface area contributed by atoms with Gasteiger partial charge in [-0.05, 0) is 56.8 Å². The van der Waals surface area contributed by atoms with E-state index < -0.39 is 6.04 Å². The number of ether oxygens (including phenoxy) is 1. The molecule has 0 radical (unpaired) electrons. The van der Waals surface area contributed by atoms with E-state index in [2.05, 4.69) is 10.6 Å². The van der Waals surface area contributed by atoms with Gasteiger partial charge in [-0.3, -0.25) is 14.5 Å². The Morgan fingerprint density at radius 1 is 1.19 bits per heavy atom. The first-order valence-corrected chi connectivity index (χ1v) is 8.89. The van der Waals surface area contributed by atoms with E-state index in [-0.39, 0.29) is 18.4 Å². The summed E-state index contributed by atoms with van der Waals surface area (Å²) in [6, 6.07) is 12.0. The van der Waals surface area contributed by atoms with Crippen LogP contribution in [-0.4, -0.2) is 43.5 Å². The second-order valence-corrected chi connectivity index (χ2v) is 6.78. The van der Waals surface area contributed by atoms with Crippen LogP contribution in [0, 0.1) is 6.92 Å². The number of methoxy groups -OCH3 is 1. The first-order chi connectivity index (χ1) is 12.8. The number of aryl methyl sites for hydroxylation is 1. The number of nitrogens with one attached hydrogen (secondary N) is 2. The summed E-state index contributed by atoms with van der Waals surface area (Å²) in [6.45, 7) is 3.75. The second kappa shape index (κ2) is 9.39. The monoisotopic (exact) mass is 389 g/mol. The van der Waals surface area contributed by atoms with Crippen molar-refractivity contribution in [1.82, 2.24) is 4.90 Å². The van der Waals surface area contributed by atoms with E-state index in [1.807, 2.05) is 31.2 Å². The van der Waals surface area contributed by atoms with Gasteiger partial charge in [0.2, 0.25) is 11.8 Å². The third-order valence-corrected chi connectivity index (χ3v) is 4.39. The van der Waals surface area contributed by atoms with Crippen LogP contribution >= 0.6 is 11.6 Å². The number of likely N-dealkylation sites (N-methyl/N-ethyl adjacent to an activating group) is 1. The van der Waals surface area contributed by atoms with Gasteiger partial charge in [-0.2, -0.15) is 0 Å². The molecule has 2 N–H and O–H groups in total. The fraction of sp³-hybridized carbons (Fsp3) is 0.300. The zero-order valence-corrected chi connectivity index (χ0v) is 16.6. The summed E-state index contributed by atoms with van der Waals surface area (Å²) in [5.41, 5.74) is 2.28. The Morgan fingerprint density at radius 3 is 2.59 bits per heavy atom. The molecule has 0 aliphatic rings. The minimum absolute atomic E-state index is 0.0398. The van der Waals surface area contributed by atoms with Gasteiger partial charge in [0.25, 0.3) is 0 Å². The van der Waals surface area contributed by atoms with Crippen molar-refractivity contribution >= 4 is 34.8 Å². The Bertz CT molecular complexity index is 826. The van der Waals surface area contributed by atoms with Crippen LogP contribution in [0.25, 0.3) is 0 Å². The van der Waals surface area contributed by atoms with Crippen molar-refractivity contribution in [3.63, 3.8) is 0 Å². The number of halogens is 1. The van der Waals surface area contributed by atoms with Gasteiger partial charge in [0.05, 0.1) is 25.4 Å². The van der Waals surface area contributed by atoms with Crippen molar-refractivity contribution in [2.75, 3.05) is 31.3 Å². The summed E-state index contributed by atoms with van der Waals surface area (Å²) >= 11 is 5.97. The standard InChI is InChI=1S/C20H24ClN3O3/c1-13-6-5-7-16(10-13)22-20(26)14(2)24(3)12-19(25)23-17-11-15(21)8-9-18(17)27-4/h5-11,14H,12H2,1-4H3,(H,22,26)(H,23,25). The summed E-state index contributed by atoms with van der Waals surface area (Å²) in [6.07, 6.45) is 0.